The standard InChI is InChI=1S/C16H25N5S.HI/c1-4-17-16(18-7-10-21-8-5-6-9-21)19-11-14-12-22-15(20-14)13(2)3;/h5-6,8-9,12-13H,4,7,10-11H2,1-3H3,(H2,17,18,19);1H. The Bertz CT molecular complexity index is 577. The highest BCUT2D eigenvalue weighted by atomic mass is 127. The average Bonchev–Trinajstić information content (AvgIpc) is 3.16. The Morgan fingerprint density at radius 2 is 2.04 bits per heavy atom. The van der Waals surface area contributed by atoms with Crippen molar-refractivity contribution >= 4 is 41.3 Å². The highest BCUT2D eigenvalue weighted by molar-refractivity contribution is 14.0. The molecule has 0 aliphatic rings. The molecule has 0 saturated heterocycles. The lowest BCUT2D eigenvalue weighted by molar-refractivity contribution is 0.665. The van der Waals surface area contributed by atoms with E-state index >= 15 is 0 Å². The van der Waals surface area contributed by atoms with Gasteiger partial charge in [0.1, 0.15) is 0 Å². The number of nitrogens with one attached hydrogen (secondary N) is 2. The Balaban J connectivity index is 0.00000264. The summed E-state index contributed by atoms with van der Waals surface area (Å²) in [5.41, 5.74) is 1.04. The summed E-state index contributed by atoms with van der Waals surface area (Å²) < 4.78 is 2.14. The van der Waals surface area contributed by atoms with Crippen molar-refractivity contribution in [3.05, 3.63) is 40.6 Å². The maximum atomic E-state index is 4.61. The summed E-state index contributed by atoms with van der Waals surface area (Å²) in [4.78, 5) is 9.22. The van der Waals surface area contributed by atoms with Gasteiger partial charge in [0.15, 0.2) is 5.96 Å². The molecule has 0 radical (unpaired) electrons. The van der Waals surface area contributed by atoms with E-state index in [4.69, 9.17) is 0 Å². The van der Waals surface area contributed by atoms with Gasteiger partial charge in [-0.25, -0.2) is 9.98 Å². The van der Waals surface area contributed by atoms with Crippen LogP contribution in [0.2, 0.25) is 0 Å². The molecule has 7 heteroatoms. The number of nitrogens with zero attached hydrogens (tertiary/aromatic N) is 3. The fourth-order valence-corrected chi connectivity index (χ4v) is 2.81. The monoisotopic (exact) mass is 447 g/mol. The van der Waals surface area contributed by atoms with E-state index in [1.807, 2.05) is 12.1 Å². The predicted octanol–water partition coefficient (Wildman–Crippen LogP) is 3.44. The molecule has 23 heavy (non-hydrogen) atoms. The third-order valence-corrected chi connectivity index (χ3v) is 4.33. The minimum atomic E-state index is 0. The van der Waals surface area contributed by atoms with Crippen LogP contribution in [0.4, 0.5) is 0 Å². The van der Waals surface area contributed by atoms with Crippen LogP contribution in [0.3, 0.4) is 0 Å². The van der Waals surface area contributed by atoms with Gasteiger partial charge in [-0.2, -0.15) is 0 Å². The van der Waals surface area contributed by atoms with Crippen LogP contribution in [0.5, 0.6) is 0 Å². The lowest BCUT2D eigenvalue weighted by Crippen LogP contribution is -2.38. The Labute approximate surface area is 159 Å². The quantitative estimate of drug-likeness (QED) is 0.389. The summed E-state index contributed by atoms with van der Waals surface area (Å²) >= 11 is 1.71. The molecule has 0 aliphatic carbocycles. The summed E-state index contributed by atoms with van der Waals surface area (Å²) in [7, 11) is 0. The fourth-order valence-electron chi connectivity index (χ4n) is 1.98. The van der Waals surface area contributed by atoms with Crippen molar-refractivity contribution in [2.24, 2.45) is 4.99 Å². The summed E-state index contributed by atoms with van der Waals surface area (Å²) in [5, 5.41) is 9.90. The molecule has 0 bridgehead atoms. The van der Waals surface area contributed by atoms with Crippen LogP contribution in [0.15, 0.2) is 34.9 Å². The Kier molecular flexibility index (Phi) is 9.23. The first-order chi connectivity index (χ1) is 10.7. The summed E-state index contributed by atoms with van der Waals surface area (Å²) in [6, 6.07) is 4.07. The first-order valence-corrected chi connectivity index (χ1v) is 8.64. The molecule has 0 aromatic carbocycles. The van der Waals surface area contributed by atoms with Crippen LogP contribution in [-0.4, -0.2) is 28.6 Å². The number of aliphatic imine (C=N–C) groups is 1. The smallest absolute Gasteiger partial charge is 0.191 e. The number of halogens is 1. The van der Waals surface area contributed by atoms with Gasteiger partial charge in [-0.05, 0) is 19.1 Å². The summed E-state index contributed by atoms with van der Waals surface area (Å²) in [6.45, 7) is 9.63. The molecule has 5 nitrogen and oxygen atoms in total. The third-order valence-electron chi connectivity index (χ3n) is 3.14. The molecule has 2 rings (SSSR count). The van der Waals surface area contributed by atoms with Crippen LogP contribution in [0.25, 0.3) is 0 Å². The first kappa shape index (κ1) is 20.0. The number of hydrogen-bond acceptors (Lipinski definition) is 3. The number of hydrogen-bond donors (Lipinski definition) is 2. The molecule has 0 unspecified atom stereocenters. The first-order valence-electron chi connectivity index (χ1n) is 7.76. The van der Waals surface area contributed by atoms with Gasteiger partial charge < -0.3 is 15.2 Å². The molecule has 2 aromatic heterocycles. The second-order valence-corrected chi connectivity index (χ2v) is 6.26. The van der Waals surface area contributed by atoms with Gasteiger partial charge >= 0.3 is 0 Å². The van der Waals surface area contributed by atoms with Gasteiger partial charge in [0.2, 0.25) is 0 Å². The van der Waals surface area contributed by atoms with Gasteiger partial charge in [-0.1, -0.05) is 13.8 Å². The highest BCUT2D eigenvalue weighted by Gasteiger charge is 2.05. The minimum absolute atomic E-state index is 0. The maximum Gasteiger partial charge on any atom is 0.191 e. The second kappa shape index (κ2) is 10.6. The molecule has 0 spiro atoms. The second-order valence-electron chi connectivity index (χ2n) is 5.37. The lowest BCUT2D eigenvalue weighted by Gasteiger charge is -2.11. The summed E-state index contributed by atoms with van der Waals surface area (Å²) in [6.07, 6.45) is 4.13. The predicted molar refractivity (Wildman–Crippen MR) is 109 cm³/mol. The number of guanidine groups is 1. The molecule has 0 atom stereocenters. The van der Waals surface area contributed by atoms with Crippen LogP contribution < -0.4 is 10.6 Å². The molecule has 0 saturated carbocycles. The SMILES string of the molecule is CCNC(=NCc1csc(C(C)C)n1)NCCn1cccc1.I. The topological polar surface area (TPSA) is 54.2 Å². The number of rotatable bonds is 7. The zero-order chi connectivity index (χ0) is 15.8. The molecule has 2 N–H and O–H groups in total. The van der Waals surface area contributed by atoms with Gasteiger partial charge in [-0.3, -0.25) is 0 Å². The normalized spacial score (nSPS) is 11.4. The van der Waals surface area contributed by atoms with E-state index in [0.29, 0.717) is 12.5 Å². The van der Waals surface area contributed by atoms with Gasteiger partial charge in [-0.15, -0.1) is 35.3 Å². The van der Waals surface area contributed by atoms with E-state index in [1.54, 1.807) is 11.3 Å². The largest absolute Gasteiger partial charge is 0.357 e. The maximum absolute atomic E-state index is 4.61. The molecular weight excluding hydrogens is 421 g/mol. The van der Waals surface area contributed by atoms with Crippen LogP contribution in [-0.2, 0) is 13.1 Å². The molecule has 0 amide bonds. The minimum Gasteiger partial charge on any atom is -0.357 e. The number of aromatic nitrogens is 2. The van der Waals surface area contributed by atoms with E-state index in [2.05, 4.69) is 63.7 Å². The lowest BCUT2D eigenvalue weighted by atomic mass is 10.2. The van der Waals surface area contributed by atoms with E-state index in [1.165, 1.54) is 5.01 Å². The molecule has 0 fully saturated rings. The van der Waals surface area contributed by atoms with Crippen LogP contribution in [0, 0.1) is 0 Å². The van der Waals surface area contributed by atoms with Crippen molar-refractivity contribution in [2.45, 2.75) is 39.8 Å². The fraction of sp³-hybridized carbons (Fsp3) is 0.500. The zero-order valence-corrected chi connectivity index (χ0v) is 17.1. The van der Waals surface area contributed by atoms with E-state index in [9.17, 15) is 0 Å². The Morgan fingerprint density at radius 1 is 1.30 bits per heavy atom. The van der Waals surface area contributed by atoms with Crippen molar-refractivity contribution < 1.29 is 0 Å². The highest BCUT2D eigenvalue weighted by Crippen LogP contribution is 2.19. The van der Waals surface area contributed by atoms with E-state index in [0.717, 1.165) is 31.3 Å². The van der Waals surface area contributed by atoms with Crippen molar-refractivity contribution in [1.82, 2.24) is 20.2 Å². The van der Waals surface area contributed by atoms with Crippen LogP contribution in [0.1, 0.15) is 37.4 Å². The van der Waals surface area contributed by atoms with Crippen molar-refractivity contribution in [1.29, 1.82) is 0 Å². The third kappa shape index (κ3) is 6.90. The molecule has 0 aliphatic heterocycles. The average molecular weight is 447 g/mol. The zero-order valence-electron chi connectivity index (χ0n) is 14.0. The van der Waals surface area contributed by atoms with Crippen molar-refractivity contribution in [3.8, 4) is 0 Å². The van der Waals surface area contributed by atoms with Crippen LogP contribution >= 0.6 is 35.3 Å². The molecular formula is C16H26IN5S. The van der Waals surface area contributed by atoms with E-state index < -0.39 is 0 Å². The molecule has 2 heterocycles. The van der Waals surface area contributed by atoms with Gasteiger partial charge in [0.25, 0.3) is 0 Å². The number of thiazole rings is 1. The van der Waals surface area contributed by atoms with Crippen molar-refractivity contribution in [2.75, 3.05) is 13.1 Å². The Morgan fingerprint density at radius 3 is 2.65 bits per heavy atom. The summed E-state index contributed by atoms with van der Waals surface area (Å²) in [5.74, 6) is 1.32. The molecule has 128 valence electrons. The van der Waals surface area contributed by atoms with Gasteiger partial charge in [0.05, 0.1) is 17.2 Å². The van der Waals surface area contributed by atoms with Gasteiger partial charge in [0, 0.05) is 43.3 Å². The molecule has 2 aromatic rings. The Hall–Kier alpha value is -1.09. The van der Waals surface area contributed by atoms with Crippen molar-refractivity contribution in [3.63, 3.8) is 0 Å². The van der Waals surface area contributed by atoms with E-state index in [-0.39, 0.29) is 24.0 Å².